The van der Waals surface area contributed by atoms with Crippen LogP contribution in [0.25, 0.3) is 0 Å². The molecular weight excluding hydrogens is 336 g/mol. The van der Waals surface area contributed by atoms with Crippen molar-refractivity contribution in [2.45, 2.75) is 50.9 Å². The monoisotopic (exact) mass is 366 g/mol. The first-order chi connectivity index (χ1) is 12.5. The summed E-state index contributed by atoms with van der Waals surface area (Å²) in [6, 6.07) is 21.5. The smallest absolute Gasteiger partial charge is 0.261 e. The summed E-state index contributed by atoms with van der Waals surface area (Å²) in [7, 11) is -2.45. The first-order valence-electron chi connectivity index (χ1n) is 9.50. The van der Waals surface area contributed by atoms with Crippen molar-refractivity contribution in [1.82, 2.24) is 0 Å². The molecule has 0 spiro atoms. The molecule has 138 valence electrons. The summed E-state index contributed by atoms with van der Waals surface area (Å²) in [6.45, 7) is 11.4. The fourth-order valence-electron chi connectivity index (χ4n) is 4.01. The molecule has 0 radical (unpaired) electrons. The van der Waals surface area contributed by atoms with Crippen LogP contribution in [0.4, 0.5) is 0 Å². The predicted octanol–water partition coefficient (Wildman–Crippen LogP) is 4.30. The highest BCUT2D eigenvalue weighted by molar-refractivity contribution is 6.99. The summed E-state index contributed by atoms with van der Waals surface area (Å²) in [5, 5.41) is 2.64. The molecule has 26 heavy (non-hydrogen) atoms. The van der Waals surface area contributed by atoms with Gasteiger partial charge in [-0.15, -0.1) is 6.58 Å². The molecule has 1 heterocycles. The summed E-state index contributed by atoms with van der Waals surface area (Å²) in [5.41, 5.74) is 0. The van der Waals surface area contributed by atoms with Crippen LogP contribution in [-0.4, -0.2) is 27.1 Å². The number of benzene rings is 2. The summed E-state index contributed by atoms with van der Waals surface area (Å²) < 4.78 is 13.0. The van der Waals surface area contributed by atoms with E-state index in [1.54, 1.807) is 0 Å². The lowest BCUT2D eigenvalue weighted by molar-refractivity contribution is 0.0357. The van der Waals surface area contributed by atoms with E-state index in [1.807, 2.05) is 6.08 Å². The van der Waals surface area contributed by atoms with Gasteiger partial charge in [-0.2, -0.15) is 0 Å². The topological polar surface area (TPSA) is 18.5 Å². The van der Waals surface area contributed by atoms with Gasteiger partial charge in [-0.05, 0) is 28.3 Å². The lowest BCUT2D eigenvalue weighted by Crippen LogP contribution is -2.67. The minimum absolute atomic E-state index is 0.00610. The van der Waals surface area contributed by atoms with Crippen LogP contribution in [-0.2, 0) is 9.16 Å². The first-order valence-corrected chi connectivity index (χ1v) is 11.4. The number of hydrogen-bond acceptors (Lipinski definition) is 2. The van der Waals surface area contributed by atoms with E-state index in [2.05, 4.69) is 88.0 Å². The Balaban J connectivity index is 1.99. The maximum Gasteiger partial charge on any atom is 0.261 e. The minimum Gasteiger partial charge on any atom is -0.405 e. The lowest BCUT2D eigenvalue weighted by Gasteiger charge is -2.43. The molecule has 0 aliphatic carbocycles. The van der Waals surface area contributed by atoms with E-state index >= 15 is 0 Å². The molecule has 3 heteroatoms. The molecule has 0 N–H and O–H groups in total. The fourth-order valence-corrected chi connectivity index (χ4v) is 8.60. The molecule has 1 fully saturated rings. The second-order valence-corrected chi connectivity index (χ2v) is 12.4. The van der Waals surface area contributed by atoms with Crippen LogP contribution in [0.1, 0.15) is 33.6 Å². The molecule has 2 aromatic carbocycles. The van der Waals surface area contributed by atoms with E-state index < -0.39 is 8.32 Å². The van der Waals surface area contributed by atoms with Gasteiger partial charge < -0.3 is 9.16 Å². The van der Waals surface area contributed by atoms with Crippen molar-refractivity contribution in [1.29, 1.82) is 0 Å². The van der Waals surface area contributed by atoms with Crippen LogP contribution >= 0.6 is 0 Å². The molecule has 1 saturated heterocycles. The van der Waals surface area contributed by atoms with Gasteiger partial charge in [0.25, 0.3) is 8.32 Å². The Morgan fingerprint density at radius 1 is 1.00 bits per heavy atom. The zero-order valence-electron chi connectivity index (χ0n) is 16.2. The van der Waals surface area contributed by atoms with Crippen LogP contribution in [0.5, 0.6) is 0 Å². The van der Waals surface area contributed by atoms with Gasteiger partial charge in [0.2, 0.25) is 0 Å². The molecule has 0 aromatic heterocycles. The van der Waals surface area contributed by atoms with Crippen molar-refractivity contribution in [3.05, 3.63) is 73.3 Å². The molecule has 2 nitrogen and oxygen atoms in total. The van der Waals surface area contributed by atoms with Crippen LogP contribution in [0.2, 0.25) is 5.04 Å². The zero-order valence-corrected chi connectivity index (χ0v) is 17.2. The van der Waals surface area contributed by atoms with Gasteiger partial charge >= 0.3 is 0 Å². The van der Waals surface area contributed by atoms with Crippen LogP contribution in [0.15, 0.2) is 73.3 Å². The van der Waals surface area contributed by atoms with E-state index in [0.29, 0.717) is 6.61 Å². The van der Waals surface area contributed by atoms with Crippen LogP contribution in [0, 0.1) is 0 Å². The third-order valence-electron chi connectivity index (χ3n) is 5.31. The molecule has 2 atom stereocenters. The maximum absolute atomic E-state index is 6.92. The van der Waals surface area contributed by atoms with E-state index in [9.17, 15) is 0 Å². The van der Waals surface area contributed by atoms with Gasteiger partial charge in [-0.25, -0.2) is 0 Å². The van der Waals surface area contributed by atoms with Gasteiger partial charge in [0, 0.05) is 0 Å². The molecule has 0 unspecified atom stereocenters. The van der Waals surface area contributed by atoms with E-state index in [0.717, 1.165) is 12.8 Å². The maximum atomic E-state index is 6.92. The second kappa shape index (κ2) is 7.91. The van der Waals surface area contributed by atoms with Gasteiger partial charge in [-0.3, -0.25) is 0 Å². The molecule has 1 aliphatic heterocycles. The highest BCUT2D eigenvalue weighted by Crippen LogP contribution is 2.37. The second-order valence-electron chi connectivity index (χ2n) is 8.08. The van der Waals surface area contributed by atoms with Crippen LogP contribution in [0.3, 0.4) is 0 Å². The SMILES string of the molecule is C=C[C@H]1CC[C@@H](CO[Si](c2ccccc2)(c2ccccc2)C(C)(C)C)O1. The summed E-state index contributed by atoms with van der Waals surface area (Å²) in [6.07, 6.45) is 4.30. The van der Waals surface area contributed by atoms with Crippen molar-refractivity contribution in [2.75, 3.05) is 6.61 Å². The summed E-state index contributed by atoms with van der Waals surface area (Å²) in [5.74, 6) is 0. The van der Waals surface area contributed by atoms with E-state index in [-0.39, 0.29) is 17.2 Å². The van der Waals surface area contributed by atoms with Gasteiger partial charge in [0.1, 0.15) is 0 Å². The van der Waals surface area contributed by atoms with Crippen molar-refractivity contribution < 1.29 is 9.16 Å². The fraction of sp³-hybridized carbons (Fsp3) is 0.391. The van der Waals surface area contributed by atoms with Crippen molar-refractivity contribution in [3.63, 3.8) is 0 Å². The van der Waals surface area contributed by atoms with Gasteiger partial charge in [0.05, 0.1) is 18.8 Å². The molecule has 1 aliphatic rings. The Kier molecular flexibility index (Phi) is 5.81. The molecule has 2 aromatic rings. The Labute approximate surface area is 159 Å². The Bertz CT molecular complexity index is 666. The van der Waals surface area contributed by atoms with Gasteiger partial charge in [0.15, 0.2) is 0 Å². The summed E-state index contributed by atoms with van der Waals surface area (Å²) >= 11 is 0. The summed E-state index contributed by atoms with van der Waals surface area (Å²) in [4.78, 5) is 0. The number of ether oxygens (including phenoxy) is 1. The average molecular weight is 367 g/mol. The molecule has 0 amide bonds. The van der Waals surface area contributed by atoms with E-state index in [4.69, 9.17) is 9.16 Å². The highest BCUT2D eigenvalue weighted by atomic mass is 28.4. The Morgan fingerprint density at radius 2 is 1.54 bits per heavy atom. The largest absolute Gasteiger partial charge is 0.405 e. The standard InChI is InChI=1S/C23H30O2Si/c1-5-19-16-17-20(25-19)18-24-26(23(2,3)4,21-12-8-6-9-13-21)22-14-10-7-11-15-22/h5-15,19-20H,1,16-18H2,2-4H3/t19-,20-/m0/s1. The molecule has 3 rings (SSSR count). The third kappa shape index (κ3) is 3.71. The van der Waals surface area contributed by atoms with Crippen molar-refractivity contribution in [2.24, 2.45) is 0 Å². The molecular formula is C23H30O2Si. The number of rotatable bonds is 6. The number of hydrogen-bond donors (Lipinski definition) is 0. The van der Waals surface area contributed by atoms with Crippen molar-refractivity contribution in [3.8, 4) is 0 Å². The first kappa shape index (κ1) is 19.1. The normalized spacial score (nSPS) is 20.9. The quantitative estimate of drug-likeness (QED) is 0.561. The van der Waals surface area contributed by atoms with Crippen LogP contribution < -0.4 is 10.4 Å². The zero-order chi connectivity index (χ0) is 18.6. The lowest BCUT2D eigenvalue weighted by atomic mass is 10.2. The highest BCUT2D eigenvalue weighted by Gasteiger charge is 2.50. The van der Waals surface area contributed by atoms with Gasteiger partial charge in [-0.1, -0.05) is 87.5 Å². The minimum atomic E-state index is -2.45. The third-order valence-corrected chi connectivity index (χ3v) is 10.3. The Morgan fingerprint density at radius 3 is 1.96 bits per heavy atom. The predicted molar refractivity (Wildman–Crippen MR) is 112 cm³/mol. The Hall–Kier alpha value is -1.68. The average Bonchev–Trinajstić information content (AvgIpc) is 3.11. The van der Waals surface area contributed by atoms with E-state index in [1.165, 1.54) is 10.4 Å². The molecule has 0 saturated carbocycles. The van der Waals surface area contributed by atoms with Crippen molar-refractivity contribution >= 4 is 18.7 Å². The molecule has 0 bridgehead atoms.